The van der Waals surface area contributed by atoms with Gasteiger partial charge in [0.05, 0.1) is 5.60 Å². The summed E-state index contributed by atoms with van der Waals surface area (Å²) in [6.07, 6.45) is 0. The smallest absolute Gasteiger partial charge is 0.0718 e. The highest BCUT2D eigenvalue weighted by Crippen LogP contribution is 2.26. The van der Waals surface area contributed by atoms with Crippen molar-refractivity contribution in [2.45, 2.75) is 26.0 Å². The van der Waals surface area contributed by atoms with Crippen LogP contribution in [0.3, 0.4) is 0 Å². The van der Waals surface area contributed by atoms with E-state index in [2.05, 4.69) is 9.80 Å². The SMILES string of the molecule is CC(C)(O)CN1CCN(c2cc(Cl)ccc2CN)CC1. The summed E-state index contributed by atoms with van der Waals surface area (Å²) in [4.78, 5) is 4.62. The van der Waals surface area contributed by atoms with Crippen LogP contribution in [0.2, 0.25) is 5.02 Å². The molecule has 0 amide bonds. The van der Waals surface area contributed by atoms with Crippen molar-refractivity contribution >= 4 is 17.3 Å². The number of aliphatic hydroxyl groups is 1. The molecule has 0 radical (unpaired) electrons. The van der Waals surface area contributed by atoms with Crippen LogP contribution in [0.4, 0.5) is 5.69 Å². The molecule has 1 aromatic carbocycles. The van der Waals surface area contributed by atoms with Gasteiger partial charge >= 0.3 is 0 Å². The third kappa shape index (κ3) is 4.09. The molecular weight excluding hydrogens is 274 g/mol. The Morgan fingerprint density at radius 3 is 2.45 bits per heavy atom. The second kappa shape index (κ2) is 6.31. The van der Waals surface area contributed by atoms with Gasteiger partial charge in [0.25, 0.3) is 0 Å². The molecule has 5 heteroatoms. The van der Waals surface area contributed by atoms with Crippen LogP contribution in [0.1, 0.15) is 19.4 Å². The zero-order valence-electron chi connectivity index (χ0n) is 12.3. The summed E-state index contributed by atoms with van der Waals surface area (Å²) < 4.78 is 0. The molecule has 3 N–H and O–H groups in total. The third-order valence-corrected chi connectivity index (χ3v) is 3.83. The van der Waals surface area contributed by atoms with Crippen molar-refractivity contribution in [3.05, 3.63) is 28.8 Å². The van der Waals surface area contributed by atoms with Gasteiger partial charge in [-0.15, -0.1) is 0 Å². The largest absolute Gasteiger partial charge is 0.389 e. The molecule has 0 atom stereocenters. The Kier molecular flexibility index (Phi) is 4.91. The zero-order valence-corrected chi connectivity index (χ0v) is 13.0. The number of anilines is 1. The van der Waals surface area contributed by atoms with Gasteiger partial charge in [-0.25, -0.2) is 0 Å². The first kappa shape index (κ1) is 15.6. The lowest BCUT2D eigenvalue weighted by Gasteiger charge is -2.39. The lowest BCUT2D eigenvalue weighted by Crippen LogP contribution is -2.50. The minimum Gasteiger partial charge on any atom is -0.389 e. The van der Waals surface area contributed by atoms with Crippen molar-refractivity contribution in [3.8, 4) is 0 Å². The lowest BCUT2D eigenvalue weighted by atomic mass is 10.1. The monoisotopic (exact) mass is 297 g/mol. The van der Waals surface area contributed by atoms with Crippen LogP contribution in [-0.4, -0.2) is 48.3 Å². The number of piperazine rings is 1. The first-order chi connectivity index (χ1) is 9.39. The summed E-state index contributed by atoms with van der Waals surface area (Å²) in [6.45, 7) is 8.69. The van der Waals surface area contributed by atoms with E-state index in [4.69, 9.17) is 17.3 Å². The Balaban J connectivity index is 2.02. The van der Waals surface area contributed by atoms with Gasteiger partial charge in [-0.3, -0.25) is 4.90 Å². The van der Waals surface area contributed by atoms with Crippen molar-refractivity contribution in [2.75, 3.05) is 37.6 Å². The fourth-order valence-corrected chi connectivity index (χ4v) is 2.86. The van der Waals surface area contributed by atoms with E-state index in [1.165, 1.54) is 0 Å². The molecule has 0 unspecified atom stereocenters. The van der Waals surface area contributed by atoms with Crippen LogP contribution in [0.15, 0.2) is 18.2 Å². The summed E-state index contributed by atoms with van der Waals surface area (Å²) in [6, 6.07) is 5.88. The highest BCUT2D eigenvalue weighted by molar-refractivity contribution is 6.30. The minimum atomic E-state index is -0.638. The van der Waals surface area contributed by atoms with E-state index in [0.29, 0.717) is 13.1 Å². The lowest BCUT2D eigenvalue weighted by molar-refractivity contribution is 0.0345. The van der Waals surface area contributed by atoms with E-state index >= 15 is 0 Å². The van der Waals surface area contributed by atoms with Crippen LogP contribution < -0.4 is 10.6 Å². The molecule has 0 spiro atoms. The molecule has 20 heavy (non-hydrogen) atoms. The zero-order chi connectivity index (χ0) is 14.8. The number of nitrogens with zero attached hydrogens (tertiary/aromatic N) is 2. The molecule has 112 valence electrons. The third-order valence-electron chi connectivity index (χ3n) is 3.59. The van der Waals surface area contributed by atoms with Gasteiger partial charge in [-0.05, 0) is 31.5 Å². The Morgan fingerprint density at radius 2 is 1.90 bits per heavy atom. The Hall–Kier alpha value is -0.810. The number of β-amino-alcohol motifs (C(OH)–C–C–N with tert-alkyl or cyclic N) is 1. The summed E-state index contributed by atoms with van der Waals surface area (Å²) in [5.41, 5.74) is 7.44. The molecule has 0 aromatic heterocycles. The van der Waals surface area contributed by atoms with Crippen LogP contribution in [0.5, 0.6) is 0 Å². The molecular formula is C15H24ClN3O. The van der Waals surface area contributed by atoms with Crippen molar-refractivity contribution in [3.63, 3.8) is 0 Å². The second-order valence-corrected chi connectivity index (χ2v) is 6.49. The van der Waals surface area contributed by atoms with Gasteiger partial charge < -0.3 is 15.7 Å². The predicted octanol–water partition coefficient (Wildman–Crippen LogP) is 1.69. The van der Waals surface area contributed by atoms with E-state index in [1.807, 2.05) is 32.0 Å². The van der Waals surface area contributed by atoms with E-state index in [0.717, 1.165) is 42.5 Å². The van der Waals surface area contributed by atoms with Gasteiger partial charge in [0.1, 0.15) is 0 Å². The van der Waals surface area contributed by atoms with Crippen LogP contribution in [0.25, 0.3) is 0 Å². The number of nitrogens with two attached hydrogens (primary N) is 1. The first-order valence-corrected chi connectivity index (χ1v) is 7.45. The first-order valence-electron chi connectivity index (χ1n) is 7.07. The molecule has 1 aliphatic heterocycles. The topological polar surface area (TPSA) is 52.7 Å². The summed E-state index contributed by atoms with van der Waals surface area (Å²) in [5.74, 6) is 0. The Labute approximate surface area is 126 Å². The summed E-state index contributed by atoms with van der Waals surface area (Å²) >= 11 is 6.10. The number of halogens is 1. The van der Waals surface area contributed by atoms with Crippen LogP contribution >= 0.6 is 11.6 Å². The molecule has 1 aliphatic rings. The van der Waals surface area contributed by atoms with Crippen molar-refractivity contribution in [1.29, 1.82) is 0 Å². The summed E-state index contributed by atoms with van der Waals surface area (Å²) in [7, 11) is 0. The van der Waals surface area contributed by atoms with E-state index < -0.39 is 5.60 Å². The normalized spacial score (nSPS) is 17.6. The summed E-state index contributed by atoms with van der Waals surface area (Å²) in [5, 5.41) is 10.6. The molecule has 1 saturated heterocycles. The molecule has 1 aromatic rings. The number of hydrogen-bond acceptors (Lipinski definition) is 4. The maximum Gasteiger partial charge on any atom is 0.0718 e. The fourth-order valence-electron chi connectivity index (χ4n) is 2.70. The molecule has 0 bridgehead atoms. The van der Waals surface area contributed by atoms with Crippen LogP contribution in [0, 0.1) is 0 Å². The minimum absolute atomic E-state index is 0.524. The highest BCUT2D eigenvalue weighted by Gasteiger charge is 2.23. The quantitative estimate of drug-likeness (QED) is 0.888. The van der Waals surface area contributed by atoms with Crippen LogP contribution in [-0.2, 0) is 6.54 Å². The number of benzene rings is 1. The number of hydrogen-bond donors (Lipinski definition) is 2. The molecule has 0 aliphatic carbocycles. The van der Waals surface area contributed by atoms with Crippen molar-refractivity contribution < 1.29 is 5.11 Å². The fraction of sp³-hybridized carbons (Fsp3) is 0.600. The van der Waals surface area contributed by atoms with Gasteiger partial charge in [0, 0.05) is 50.0 Å². The average molecular weight is 298 g/mol. The second-order valence-electron chi connectivity index (χ2n) is 6.05. The maximum atomic E-state index is 9.88. The van der Waals surface area contributed by atoms with E-state index in [-0.39, 0.29) is 0 Å². The Bertz CT molecular complexity index is 451. The van der Waals surface area contributed by atoms with E-state index in [9.17, 15) is 5.11 Å². The van der Waals surface area contributed by atoms with E-state index in [1.54, 1.807) is 0 Å². The molecule has 2 rings (SSSR count). The maximum absolute atomic E-state index is 9.88. The number of rotatable bonds is 4. The van der Waals surface area contributed by atoms with Crippen molar-refractivity contribution in [2.24, 2.45) is 5.73 Å². The van der Waals surface area contributed by atoms with Crippen molar-refractivity contribution in [1.82, 2.24) is 4.90 Å². The standard InChI is InChI=1S/C15H24ClN3O/c1-15(2,20)11-18-5-7-19(8-6-18)14-9-13(16)4-3-12(14)10-17/h3-4,9,20H,5-8,10-11,17H2,1-2H3. The van der Waals surface area contributed by atoms with Gasteiger partial charge in [-0.2, -0.15) is 0 Å². The highest BCUT2D eigenvalue weighted by atomic mass is 35.5. The van der Waals surface area contributed by atoms with Gasteiger partial charge in [-0.1, -0.05) is 17.7 Å². The molecule has 1 heterocycles. The van der Waals surface area contributed by atoms with Gasteiger partial charge in [0.2, 0.25) is 0 Å². The Morgan fingerprint density at radius 1 is 1.25 bits per heavy atom. The molecule has 4 nitrogen and oxygen atoms in total. The molecule has 0 saturated carbocycles. The molecule has 1 fully saturated rings. The van der Waals surface area contributed by atoms with Gasteiger partial charge in [0.15, 0.2) is 0 Å². The average Bonchev–Trinajstić information content (AvgIpc) is 2.38. The predicted molar refractivity (Wildman–Crippen MR) is 84.3 cm³/mol.